The van der Waals surface area contributed by atoms with Gasteiger partial charge in [-0.2, -0.15) is 5.26 Å². The Kier molecular flexibility index (Phi) is 3.11. The maximum absolute atomic E-state index is 9.29. The monoisotopic (exact) mass is 323 g/mol. The van der Waals surface area contributed by atoms with Crippen LogP contribution >= 0.6 is 22.9 Å². The number of benzene rings is 2. The Bertz CT molecular complexity index is 1040. The molecule has 0 saturated carbocycles. The summed E-state index contributed by atoms with van der Waals surface area (Å²) in [7, 11) is 0. The first-order valence-electron chi connectivity index (χ1n) is 6.78. The second-order valence-corrected chi connectivity index (χ2v) is 6.31. The van der Waals surface area contributed by atoms with Crippen LogP contribution in [-0.4, -0.2) is 9.38 Å². The Morgan fingerprint density at radius 2 is 2.09 bits per heavy atom. The number of hydrogen-bond donors (Lipinski definition) is 0. The van der Waals surface area contributed by atoms with E-state index in [9.17, 15) is 5.26 Å². The molecule has 0 atom stereocenters. The molecule has 4 rings (SSSR count). The molecule has 0 aliphatic rings. The van der Waals surface area contributed by atoms with E-state index in [0.29, 0.717) is 17.0 Å². The van der Waals surface area contributed by atoms with Gasteiger partial charge >= 0.3 is 0 Å². The highest BCUT2D eigenvalue weighted by Gasteiger charge is 2.12. The SMILES string of the molecule is N#Cc1cc(Cl)ccc1Cc1csc2nc3ccccc3n12. The van der Waals surface area contributed by atoms with E-state index in [1.54, 1.807) is 17.4 Å². The maximum Gasteiger partial charge on any atom is 0.194 e. The summed E-state index contributed by atoms with van der Waals surface area (Å²) in [6.45, 7) is 0. The fourth-order valence-corrected chi connectivity index (χ4v) is 3.73. The Balaban J connectivity index is 1.87. The number of aromatic nitrogens is 2. The molecule has 22 heavy (non-hydrogen) atoms. The summed E-state index contributed by atoms with van der Waals surface area (Å²) in [5.41, 5.74) is 4.82. The molecule has 5 heteroatoms. The van der Waals surface area contributed by atoms with Crippen molar-refractivity contribution >= 4 is 38.9 Å². The van der Waals surface area contributed by atoms with Crippen molar-refractivity contribution < 1.29 is 0 Å². The molecule has 106 valence electrons. The maximum atomic E-state index is 9.29. The third-order valence-corrected chi connectivity index (χ3v) is 4.79. The zero-order valence-corrected chi connectivity index (χ0v) is 13.0. The molecular weight excluding hydrogens is 314 g/mol. The summed E-state index contributed by atoms with van der Waals surface area (Å²) in [5.74, 6) is 0. The van der Waals surface area contributed by atoms with Gasteiger partial charge in [-0.15, -0.1) is 11.3 Å². The Morgan fingerprint density at radius 1 is 1.23 bits per heavy atom. The summed E-state index contributed by atoms with van der Waals surface area (Å²) >= 11 is 7.59. The Hall–Kier alpha value is -2.35. The lowest BCUT2D eigenvalue weighted by Crippen LogP contribution is -1.96. The molecule has 0 bridgehead atoms. The first-order chi connectivity index (χ1) is 10.8. The normalized spacial score (nSPS) is 11.1. The zero-order chi connectivity index (χ0) is 15.1. The number of halogens is 1. The van der Waals surface area contributed by atoms with Crippen molar-refractivity contribution in [2.75, 3.05) is 0 Å². The number of fused-ring (bicyclic) bond motifs is 3. The first kappa shape index (κ1) is 13.3. The van der Waals surface area contributed by atoms with Crippen molar-refractivity contribution in [1.29, 1.82) is 5.26 Å². The number of imidazole rings is 1. The fourth-order valence-electron chi connectivity index (χ4n) is 2.66. The zero-order valence-electron chi connectivity index (χ0n) is 11.5. The van der Waals surface area contributed by atoms with Crippen LogP contribution in [0.5, 0.6) is 0 Å². The molecule has 0 amide bonds. The second kappa shape index (κ2) is 5.13. The second-order valence-electron chi connectivity index (χ2n) is 5.04. The van der Waals surface area contributed by atoms with Gasteiger partial charge in [-0.05, 0) is 29.8 Å². The quantitative estimate of drug-likeness (QED) is 0.538. The van der Waals surface area contributed by atoms with Gasteiger partial charge < -0.3 is 0 Å². The Labute approximate surface area is 136 Å². The summed E-state index contributed by atoms with van der Waals surface area (Å²) in [4.78, 5) is 5.61. The molecule has 2 aromatic carbocycles. The summed E-state index contributed by atoms with van der Waals surface area (Å²) in [5, 5.41) is 12.0. The molecule has 0 fully saturated rings. The van der Waals surface area contributed by atoms with Crippen LogP contribution < -0.4 is 0 Å². The topological polar surface area (TPSA) is 41.1 Å². The molecule has 0 radical (unpaired) electrons. The van der Waals surface area contributed by atoms with E-state index in [-0.39, 0.29) is 0 Å². The number of nitriles is 1. The smallest absolute Gasteiger partial charge is 0.194 e. The first-order valence-corrected chi connectivity index (χ1v) is 8.04. The average Bonchev–Trinajstić information content (AvgIpc) is 3.08. The number of rotatable bonds is 2. The van der Waals surface area contributed by atoms with Crippen molar-refractivity contribution in [1.82, 2.24) is 9.38 Å². The van der Waals surface area contributed by atoms with Crippen molar-refractivity contribution in [2.45, 2.75) is 6.42 Å². The van der Waals surface area contributed by atoms with Gasteiger partial charge in [-0.3, -0.25) is 4.40 Å². The minimum absolute atomic E-state index is 0.587. The third-order valence-electron chi connectivity index (χ3n) is 3.68. The predicted octanol–water partition coefficient (Wildman–Crippen LogP) is 4.66. The van der Waals surface area contributed by atoms with E-state index >= 15 is 0 Å². The molecular formula is C17H10ClN3S. The van der Waals surface area contributed by atoms with E-state index in [1.807, 2.05) is 30.3 Å². The van der Waals surface area contributed by atoms with E-state index in [0.717, 1.165) is 27.3 Å². The van der Waals surface area contributed by atoms with Crippen molar-refractivity contribution in [3.05, 3.63) is 69.7 Å². The van der Waals surface area contributed by atoms with Gasteiger partial charge in [0.05, 0.1) is 22.7 Å². The van der Waals surface area contributed by atoms with Crippen LogP contribution in [0.3, 0.4) is 0 Å². The van der Waals surface area contributed by atoms with E-state index < -0.39 is 0 Å². The molecule has 3 nitrogen and oxygen atoms in total. The van der Waals surface area contributed by atoms with Crippen LogP contribution in [0.15, 0.2) is 47.8 Å². The van der Waals surface area contributed by atoms with E-state index in [1.165, 1.54) is 0 Å². The average molecular weight is 324 g/mol. The largest absolute Gasteiger partial charge is 0.287 e. The lowest BCUT2D eigenvalue weighted by atomic mass is 10.0. The summed E-state index contributed by atoms with van der Waals surface area (Å²) < 4.78 is 2.16. The van der Waals surface area contributed by atoms with E-state index in [2.05, 4.69) is 26.9 Å². The molecule has 2 aromatic heterocycles. The van der Waals surface area contributed by atoms with Gasteiger partial charge in [0.25, 0.3) is 0 Å². The van der Waals surface area contributed by atoms with Crippen LogP contribution in [-0.2, 0) is 6.42 Å². The molecule has 0 saturated heterocycles. The lowest BCUT2D eigenvalue weighted by Gasteiger charge is -2.04. The van der Waals surface area contributed by atoms with Gasteiger partial charge in [0.15, 0.2) is 4.96 Å². The molecule has 4 aromatic rings. The minimum atomic E-state index is 0.587. The molecule has 0 N–H and O–H groups in total. The van der Waals surface area contributed by atoms with Crippen molar-refractivity contribution in [3.8, 4) is 6.07 Å². The van der Waals surface area contributed by atoms with Gasteiger partial charge in [-0.25, -0.2) is 4.98 Å². The number of nitrogens with zero attached hydrogens (tertiary/aromatic N) is 3. The molecule has 2 heterocycles. The summed E-state index contributed by atoms with van der Waals surface area (Å²) in [6, 6.07) is 15.8. The molecule has 0 aliphatic heterocycles. The fraction of sp³-hybridized carbons (Fsp3) is 0.0588. The lowest BCUT2D eigenvalue weighted by molar-refractivity contribution is 1.05. The standard InChI is InChI=1S/C17H10ClN3S/c18-13-6-5-11(12(7-13)9-19)8-14-10-22-17-20-15-3-1-2-4-16(15)21(14)17/h1-7,10H,8H2. The van der Waals surface area contributed by atoms with Gasteiger partial charge in [0, 0.05) is 22.5 Å². The highest BCUT2D eigenvalue weighted by Crippen LogP contribution is 2.26. The predicted molar refractivity (Wildman–Crippen MR) is 89.5 cm³/mol. The number of hydrogen-bond acceptors (Lipinski definition) is 3. The molecule has 0 aliphatic carbocycles. The van der Waals surface area contributed by atoms with Gasteiger partial charge in [0.1, 0.15) is 0 Å². The van der Waals surface area contributed by atoms with Crippen LogP contribution in [0, 0.1) is 11.3 Å². The highest BCUT2D eigenvalue weighted by molar-refractivity contribution is 7.15. The number of thiazole rings is 1. The molecule has 0 spiro atoms. The number of para-hydroxylation sites is 2. The van der Waals surface area contributed by atoms with Gasteiger partial charge in [0.2, 0.25) is 0 Å². The van der Waals surface area contributed by atoms with Crippen LogP contribution in [0.25, 0.3) is 16.0 Å². The van der Waals surface area contributed by atoms with Crippen LogP contribution in [0.1, 0.15) is 16.8 Å². The van der Waals surface area contributed by atoms with Crippen molar-refractivity contribution in [2.24, 2.45) is 0 Å². The Morgan fingerprint density at radius 3 is 2.95 bits per heavy atom. The van der Waals surface area contributed by atoms with Crippen LogP contribution in [0.2, 0.25) is 5.02 Å². The molecule has 0 unspecified atom stereocenters. The van der Waals surface area contributed by atoms with Crippen molar-refractivity contribution in [3.63, 3.8) is 0 Å². The highest BCUT2D eigenvalue weighted by atomic mass is 35.5. The van der Waals surface area contributed by atoms with E-state index in [4.69, 9.17) is 11.6 Å². The summed E-state index contributed by atoms with van der Waals surface area (Å²) in [6.07, 6.45) is 0.681. The third kappa shape index (κ3) is 2.07. The van der Waals surface area contributed by atoms with Crippen LogP contribution in [0.4, 0.5) is 0 Å². The minimum Gasteiger partial charge on any atom is -0.287 e. The van der Waals surface area contributed by atoms with Gasteiger partial charge in [-0.1, -0.05) is 29.8 Å².